The molecular formula is C17H26N2O. The molecule has 0 amide bonds. The average molecular weight is 274 g/mol. The van der Waals surface area contributed by atoms with Crippen molar-refractivity contribution in [3.8, 4) is 11.8 Å². The summed E-state index contributed by atoms with van der Waals surface area (Å²) in [6, 6.07) is 10.3. The first kappa shape index (κ1) is 16.5. The summed E-state index contributed by atoms with van der Waals surface area (Å²) in [6.07, 6.45) is 0.996. The van der Waals surface area contributed by atoms with Gasteiger partial charge in [0.2, 0.25) is 0 Å². The van der Waals surface area contributed by atoms with E-state index in [0.29, 0.717) is 6.61 Å². The van der Waals surface area contributed by atoms with Gasteiger partial charge in [-0.3, -0.25) is 5.32 Å². The number of benzene rings is 1. The first-order chi connectivity index (χ1) is 9.32. The highest BCUT2D eigenvalue weighted by Crippen LogP contribution is 2.31. The molecule has 3 nitrogen and oxygen atoms in total. The molecule has 0 saturated heterocycles. The van der Waals surface area contributed by atoms with Crippen LogP contribution in [0.5, 0.6) is 5.75 Å². The molecule has 0 aliphatic heterocycles. The minimum atomic E-state index is -0.652. The molecule has 1 unspecified atom stereocenters. The van der Waals surface area contributed by atoms with Crippen LogP contribution in [0.3, 0.4) is 0 Å². The summed E-state index contributed by atoms with van der Waals surface area (Å²) in [5, 5.41) is 12.6. The molecule has 1 N–H and O–H groups in total. The van der Waals surface area contributed by atoms with Gasteiger partial charge in [-0.1, -0.05) is 45.9 Å². The van der Waals surface area contributed by atoms with Crippen molar-refractivity contribution in [1.82, 2.24) is 5.32 Å². The molecule has 20 heavy (non-hydrogen) atoms. The number of nitriles is 1. The van der Waals surface area contributed by atoms with Crippen molar-refractivity contribution in [3.05, 3.63) is 29.8 Å². The molecule has 0 fully saturated rings. The normalized spacial score (nSPS) is 14.4. The quantitative estimate of drug-likeness (QED) is 0.861. The Morgan fingerprint density at radius 3 is 2.40 bits per heavy atom. The van der Waals surface area contributed by atoms with E-state index in [1.807, 2.05) is 25.1 Å². The molecule has 0 bridgehead atoms. The van der Waals surface area contributed by atoms with Gasteiger partial charge < -0.3 is 4.74 Å². The molecule has 0 heterocycles. The predicted octanol–water partition coefficient (Wildman–Crippen LogP) is 3.64. The highest BCUT2D eigenvalue weighted by molar-refractivity contribution is 5.38. The van der Waals surface area contributed by atoms with E-state index in [4.69, 9.17) is 4.74 Å². The summed E-state index contributed by atoms with van der Waals surface area (Å²) >= 11 is 0. The first-order valence-electron chi connectivity index (χ1n) is 7.21. The standard InChI is InChI=1S/C17H26N2O/c1-6-11-19-17(5,12-18)13-20-15-10-8-7-9-14(15)16(2,3)4/h7-10,19H,6,11,13H2,1-5H3. The van der Waals surface area contributed by atoms with Crippen LogP contribution in [0.2, 0.25) is 0 Å². The van der Waals surface area contributed by atoms with E-state index in [0.717, 1.165) is 24.3 Å². The monoisotopic (exact) mass is 274 g/mol. The lowest BCUT2D eigenvalue weighted by molar-refractivity contribution is 0.230. The van der Waals surface area contributed by atoms with Crippen LogP contribution < -0.4 is 10.1 Å². The third-order valence-electron chi connectivity index (χ3n) is 3.22. The molecular weight excluding hydrogens is 248 g/mol. The molecule has 0 spiro atoms. The SMILES string of the molecule is CCCNC(C)(C#N)COc1ccccc1C(C)(C)C. The van der Waals surface area contributed by atoms with Crippen LogP contribution in [0.25, 0.3) is 0 Å². The van der Waals surface area contributed by atoms with Crippen LogP contribution in [-0.2, 0) is 5.41 Å². The van der Waals surface area contributed by atoms with Gasteiger partial charge in [0, 0.05) is 0 Å². The zero-order chi connectivity index (χ0) is 15.2. The smallest absolute Gasteiger partial charge is 0.138 e. The molecule has 1 rings (SSSR count). The van der Waals surface area contributed by atoms with Gasteiger partial charge in [-0.15, -0.1) is 0 Å². The number of para-hydroxylation sites is 1. The zero-order valence-corrected chi connectivity index (χ0v) is 13.3. The fourth-order valence-corrected chi connectivity index (χ4v) is 1.96. The van der Waals surface area contributed by atoms with Crippen LogP contribution in [-0.4, -0.2) is 18.7 Å². The summed E-state index contributed by atoms with van der Waals surface area (Å²) in [5.74, 6) is 0.861. The second kappa shape index (κ2) is 6.76. The molecule has 0 saturated carbocycles. The Kier molecular flexibility index (Phi) is 5.59. The van der Waals surface area contributed by atoms with Crippen LogP contribution in [0.1, 0.15) is 46.6 Å². The van der Waals surface area contributed by atoms with E-state index < -0.39 is 5.54 Å². The number of nitrogens with one attached hydrogen (secondary N) is 1. The second-order valence-electron chi connectivity index (χ2n) is 6.41. The van der Waals surface area contributed by atoms with Crippen LogP contribution in [0.4, 0.5) is 0 Å². The molecule has 3 heteroatoms. The number of rotatable bonds is 6. The van der Waals surface area contributed by atoms with Crippen LogP contribution in [0, 0.1) is 11.3 Å². The third-order valence-corrected chi connectivity index (χ3v) is 3.22. The summed E-state index contributed by atoms with van der Waals surface area (Å²) < 4.78 is 5.93. The van der Waals surface area contributed by atoms with Gasteiger partial charge in [-0.05, 0) is 36.9 Å². The summed E-state index contributed by atoms with van der Waals surface area (Å²) in [5.41, 5.74) is 0.535. The van der Waals surface area contributed by atoms with Gasteiger partial charge in [0.1, 0.15) is 17.9 Å². The molecule has 1 atom stereocenters. The Bertz CT molecular complexity index is 471. The topological polar surface area (TPSA) is 45.0 Å². The molecule has 0 aliphatic rings. The largest absolute Gasteiger partial charge is 0.490 e. The second-order valence-corrected chi connectivity index (χ2v) is 6.41. The van der Waals surface area contributed by atoms with Crippen molar-refractivity contribution in [3.63, 3.8) is 0 Å². The van der Waals surface area contributed by atoms with Crippen molar-refractivity contribution in [2.24, 2.45) is 0 Å². The van der Waals surface area contributed by atoms with Crippen LogP contribution in [0.15, 0.2) is 24.3 Å². The lowest BCUT2D eigenvalue weighted by Crippen LogP contribution is -2.46. The fourth-order valence-electron chi connectivity index (χ4n) is 1.96. The Balaban J connectivity index is 2.82. The van der Waals surface area contributed by atoms with Gasteiger partial charge >= 0.3 is 0 Å². The summed E-state index contributed by atoms with van der Waals surface area (Å²) in [4.78, 5) is 0. The van der Waals surface area contributed by atoms with E-state index in [-0.39, 0.29) is 5.41 Å². The van der Waals surface area contributed by atoms with Crippen molar-refractivity contribution < 1.29 is 4.74 Å². The van der Waals surface area contributed by atoms with Gasteiger partial charge in [-0.25, -0.2) is 0 Å². The Morgan fingerprint density at radius 1 is 1.20 bits per heavy atom. The molecule has 1 aromatic rings. The Hall–Kier alpha value is -1.53. The summed E-state index contributed by atoms with van der Waals surface area (Å²) in [7, 11) is 0. The number of hydrogen-bond acceptors (Lipinski definition) is 3. The summed E-state index contributed by atoms with van der Waals surface area (Å²) in [6.45, 7) is 11.6. The highest BCUT2D eigenvalue weighted by atomic mass is 16.5. The van der Waals surface area contributed by atoms with Crippen molar-refractivity contribution in [1.29, 1.82) is 5.26 Å². The maximum Gasteiger partial charge on any atom is 0.138 e. The maximum atomic E-state index is 9.33. The number of ether oxygens (including phenoxy) is 1. The van der Waals surface area contributed by atoms with Crippen molar-refractivity contribution in [2.45, 2.75) is 52.0 Å². The minimum absolute atomic E-state index is 0.0243. The molecule has 0 radical (unpaired) electrons. The first-order valence-corrected chi connectivity index (χ1v) is 7.21. The van der Waals surface area contributed by atoms with E-state index in [1.54, 1.807) is 0 Å². The van der Waals surface area contributed by atoms with Gasteiger partial charge in [0.15, 0.2) is 0 Å². The Labute approximate surface area is 123 Å². The molecule has 0 aliphatic carbocycles. The molecule has 1 aromatic carbocycles. The van der Waals surface area contributed by atoms with Gasteiger partial charge in [0.05, 0.1) is 6.07 Å². The predicted molar refractivity (Wildman–Crippen MR) is 82.9 cm³/mol. The van der Waals surface area contributed by atoms with Gasteiger partial charge in [-0.2, -0.15) is 5.26 Å². The Morgan fingerprint density at radius 2 is 1.85 bits per heavy atom. The number of nitrogens with zero attached hydrogens (tertiary/aromatic N) is 1. The van der Waals surface area contributed by atoms with E-state index in [1.165, 1.54) is 0 Å². The van der Waals surface area contributed by atoms with Crippen molar-refractivity contribution >= 4 is 0 Å². The highest BCUT2D eigenvalue weighted by Gasteiger charge is 2.25. The van der Waals surface area contributed by atoms with E-state index in [9.17, 15) is 5.26 Å². The van der Waals surface area contributed by atoms with E-state index in [2.05, 4.69) is 45.1 Å². The lowest BCUT2D eigenvalue weighted by Gasteiger charge is -2.27. The number of hydrogen-bond donors (Lipinski definition) is 1. The van der Waals surface area contributed by atoms with Crippen LogP contribution >= 0.6 is 0 Å². The van der Waals surface area contributed by atoms with E-state index >= 15 is 0 Å². The minimum Gasteiger partial charge on any atom is -0.490 e. The zero-order valence-electron chi connectivity index (χ0n) is 13.3. The fraction of sp³-hybridized carbons (Fsp3) is 0.588. The van der Waals surface area contributed by atoms with Crippen molar-refractivity contribution in [2.75, 3.05) is 13.2 Å². The molecule has 110 valence electrons. The molecule has 0 aromatic heterocycles. The average Bonchev–Trinajstić information content (AvgIpc) is 2.42. The van der Waals surface area contributed by atoms with Gasteiger partial charge in [0.25, 0.3) is 0 Å². The maximum absolute atomic E-state index is 9.33. The third kappa shape index (κ3) is 4.54. The lowest BCUT2D eigenvalue weighted by atomic mass is 9.86.